The Labute approximate surface area is 137 Å². The molecule has 126 valence electrons. The molecule has 1 aliphatic heterocycles. The van der Waals surface area contributed by atoms with E-state index in [4.69, 9.17) is 9.47 Å². The van der Waals surface area contributed by atoms with Crippen LogP contribution in [0.3, 0.4) is 0 Å². The first-order chi connectivity index (χ1) is 11.1. The van der Waals surface area contributed by atoms with Crippen LogP contribution in [-0.4, -0.2) is 61.2 Å². The lowest BCUT2D eigenvalue weighted by Gasteiger charge is -2.34. The zero-order valence-electron chi connectivity index (χ0n) is 13.7. The Bertz CT molecular complexity index is 511. The summed E-state index contributed by atoms with van der Waals surface area (Å²) in [6.07, 6.45) is -0.300. The summed E-state index contributed by atoms with van der Waals surface area (Å²) in [5.74, 6) is 0.928. The van der Waals surface area contributed by atoms with Crippen molar-refractivity contribution in [3.05, 3.63) is 30.3 Å². The molecule has 0 aromatic heterocycles. The average molecular weight is 320 g/mol. The predicted molar refractivity (Wildman–Crippen MR) is 86.3 cm³/mol. The SMILES string of the molecule is CC(C)COC(=O)N1CCN(C(=O)COc2ccccc2)CC1. The number of ether oxygens (including phenoxy) is 2. The Morgan fingerprint density at radius 3 is 2.26 bits per heavy atom. The molecule has 0 radical (unpaired) electrons. The second-order valence-corrected chi connectivity index (χ2v) is 5.94. The minimum Gasteiger partial charge on any atom is -0.484 e. The number of benzene rings is 1. The fourth-order valence-electron chi connectivity index (χ4n) is 2.22. The van der Waals surface area contributed by atoms with Gasteiger partial charge in [-0.1, -0.05) is 32.0 Å². The highest BCUT2D eigenvalue weighted by atomic mass is 16.6. The van der Waals surface area contributed by atoms with Crippen molar-refractivity contribution in [2.45, 2.75) is 13.8 Å². The maximum absolute atomic E-state index is 12.1. The molecular formula is C17H24N2O4. The van der Waals surface area contributed by atoms with Gasteiger partial charge in [0.2, 0.25) is 0 Å². The minimum atomic E-state index is -0.300. The molecule has 1 heterocycles. The van der Waals surface area contributed by atoms with Gasteiger partial charge in [-0.25, -0.2) is 4.79 Å². The quantitative estimate of drug-likeness (QED) is 0.832. The molecule has 6 heteroatoms. The summed E-state index contributed by atoms with van der Waals surface area (Å²) in [4.78, 5) is 27.4. The number of rotatable bonds is 5. The Balaban J connectivity index is 1.71. The van der Waals surface area contributed by atoms with Crippen LogP contribution in [0.25, 0.3) is 0 Å². The van der Waals surface area contributed by atoms with Crippen LogP contribution in [0.4, 0.5) is 4.79 Å². The number of para-hydroxylation sites is 1. The largest absolute Gasteiger partial charge is 0.484 e. The van der Waals surface area contributed by atoms with Crippen molar-refractivity contribution < 1.29 is 19.1 Å². The van der Waals surface area contributed by atoms with E-state index in [0.29, 0.717) is 44.5 Å². The van der Waals surface area contributed by atoms with Gasteiger partial charge in [-0.15, -0.1) is 0 Å². The summed E-state index contributed by atoms with van der Waals surface area (Å²) < 4.78 is 10.7. The Morgan fingerprint density at radius 1 is 1.04 bits per heavy atom. The van der Waals surface area contributed by atoms with Crippen molar-refractivity contribution in [3.63, 3.8) is 0 Å². The summed E-state index contributed by atoms with van der Waals surface area (Å²) in [6.45, 7) is 6.43. The van der Waals surface area contributed by atoms with Crippen LogP contribution in [0.15, 0.2) is 30.3 Å². The predicted octanol–water partition coefficient (Wildman–Crippen LogP) is 2.00. The minimum absolute atomic E-state index is 0.0157. The fraction of sp³-hybridized carbons (Fsp3) is 0.529. The van der Waals surface area contributed by atoms with E-state index in [-0.39, 0.29) is 18.6 Å². The molecule has 2 amide bonds. The van der Waals surface area contributed by atoms with Gasteiger partial charge in [0.05, 0.1) is 6.61 Å². The van der Waals surface area contributed by atoms with Crippen molar-refractivity contribution in [2.24, 2.45) is 5.92 Å². The summed E-state index contributed by atoms with van der Waals surface area (Å²) in [7, 11) is 0. The number of amides is 2. The third-order valence-electron chi connectivity index (χ3n) is 3.54. The molecule has 1 aromatic carbocycles. The van der Waals surface area contributed by atoms with Crippen LogP contribution in [-0.2, 0) is 9.53 Å². The monoisotopic (exact) mass is 320 g/mol. The molecule has 2 rings (SSSR count). The summed E-state index contributed by atoms with van der Waals surface area (Å²) >= 11 is 0. The van der Waals surface area contributed by atoms with Crippen molar-refractivity contribution in [1.82, 2.24) is 9.80 Å². The van der Waals surface area contributed by atoms with E-state index < -0.39 is 0 Å². The molecule has 1 fully saturated rings. The van der Waals surface area contributed by atoms with Gasteiger partial charge in [-0.3, -0.25) is 4.79 Å². The molecular weight excluding hydrogens is 296 g/mol. The third-order valence-corrected chi connectivity index (χ3v) is 3.54. The molecule has 0 spiro atoms. The van der Waals surface area contributed by atoms with E-state index in [9.17, 15) is 9.59 Å². The van der Waals surface area contributed by atoms with E-state index in [1.165, 1.54) is 0 Å². The number of hydrogen-bond donors (Lipinski definition) is 0. The molecule has 0 aliphatic carbocycles. The normalized spacial score (nSPS) is 14.7. The van der Waals surface area contributed by atoms with E-state index >= 15 is 0 Å². The van der Waals surface area contributed by atoms with Gasteiger partial charge in [-0.05, 0) is 18.1 Å². The van der Waals surface area contributed by atoms with E-state index in [2.05, 4.69) is 0 Å². The van der Waals surface area contributed by atoms with Crippen LogP contribution in [0.2, 0.25) is 0 Å². The first-order valence-electron chi connectivity index (χ1n) is 7.93. The average Bonchev–Trinajstić information content (AvgIpc) is 2.58. The molecule has 1 saturated heterocycles. The third kappa shape index (κ3) is 5.47. The van der Waals surface area contributed by atoms with Crippen LogP contribution in [0.1, 0.15) is 13.8 Å². The van der Waals surface area contributed by atoms with Crippen molar-refractivity contribution in [2.75, 3.05) is 39.4 Å². The van der Waals surface area contributed by atoms with E-state index in [1.54, 1.807) is 9.80 Å². The molecule has 0 bridgehead atoms. The maximum Gasteiger partial charge on any atom is 0.409 e. The van der Waals surface area contributed by atoms with Crippen molar-refractivity contribution in [3.8, 4) is 5.75 Å². The zero-order chi connectivity index (χ0) is 16.7. The molecule has 0 unspecified atom stereocenters. The number of carbonyl (C=O) groups excluding carboxylic acids is 2. The number of piperazine rings is 1. The van der Waals surface area contributed by atoms with Crippen LogP contribution < -0.4 is 4.74 Å². The summed E-state index contributed by atoms with van der Waals surface area (Å²) in [5.41, 5.74) is 0. The molecule has 0 atom stereocenters. The van der Waals surface area contributed by atoms with Crippen LogP contribution in [0, 0.1) is 5.92 Å². The highest BCUT2D eigenvalue weighted by Gasteiger charge is 2.25. The zero-order valence-corrected chi connectivity index (χ0v) is 13.7. The highest BCUT2D eigenvalue weighted by Crippen LogP contribution is 2.10. The smallest absolute Gasteiger partial charge is 0.409 e. The van der Waals surface area contributed by atoms with Crippen LogP contribution in [0.5, 0.6) is 5.75 Å². The van der Waals surface area contributed by atoms with Gasteiger partial charge in [0.25, 0.3) is 5.91 Å². The summed E-state index contributed by atoms with van der Waals surface area (Å²) in [6, 6.07) is 9.25. The Morgan fingerprint density at radius 2 is 1.65 bits per heavy atom. The highest BCUT2D eigenvalue weighted by molar-refractivity contribution is 5.78. The molecule has 1 aromatic rings. The Kier molecular flexibility index (Phi) is 6.26. The summed E-state index contributed by atoms with van der Waals surface area (Å²) in [5, 5.41) is 0. The van der Waals surface area contributed by atoms with Gasteiger partial charge in [0.15, 0.2) is 6.61 Å². The second-order valence-electron chi connectivity index (χ2n) is 5.94. The first kappa shape index (κ1) is 17.1. The maximum atomic E-state index is 12.1. The van der Waals surface area contributed by atoms with Crippen LogP contribution >= 0.6 is 0 Å². The molecule has 23 heavy (non-hydrogen) atoms. The number of nitrogens with zero attached hydrogens (tertiary/aromatic N) is 2. The Hall–Kier alpha value is -2.24. The van der Waals surface area contributed by atoms with Gasteiger partial charge >= 0.3 is 6.09 Å². The lowest BCUT2D eigenvalue weighted by atomic mass is 10.2. The van der Waals surface area contributed by atoms with Gasteiger partial charge < -0.3 is 19.3 Å². The van der Waals surface area contributed by atoms with Gasteiger partial charge in [-0.2, -0.15) is 0 Å². The molecule has 1 aliphatic rings. The lowest BCUT2D eigenvalue weighted by Crippen LogP contribution is -2.51. The number of hydrogen-bond acceptors (Lipinski definition) is 4. The standard InChI is InChI=1S/C17H24N2O4/c1-14(2)12-23-17(21)19-10-8-18(9-11-19)16(20)13-22-15-6-4-3-5-7-15/h3-7,14H,8-13H2,1-2H3. The fourth-order valence-corrected chi connectivity index (χ4v) is 2.22. The molecule has 0 N–H and O–H groups in total. The second kappa shape index (κ2) is 8.41. The van der Waals surface area contributed by atoms with Crippen molar-refractivity contribution in [1.29, 1.82) is 0 Å². The number of carbonyl (C=O) groups is 2. The lowest BCUT2D eigenvalue weighted by molar-refractivity contribution is -0.135. The van der Waals surface area contributed by atoms with Crippen molar-refractivity contribution >= 4 is 12.0 Å². The van der Waals surface area contributed by atoms with E-state index in [0.717, 1.165) is 0 Å². The molecule has 0 saturated carbocycles. The van der Waals surface area contributed by atoms with Gasteiger partial charge in [0, 0.05) is 26.2 Å². The van der Waals surface area contributed by atoms with E-state index in [1.807, 2.05) is 44.2 Å². The topological polar surface area (TPSA) is 59.1 Å². The van der Waals surface area contributed by atoms with Gasteiger partial charge in [0.1, 0.15) is 5.75 Å². The first-order valence-corrected chi connectivity index (χ1v) is 7.93. The molecule has 6 nitrogen and oxygen atoms in total.